The third kappa shape index (κ3) is 4.46. The summed E-state index contributed by atoms with van der Waals surface area (Å²) in [6.45, 7) is 4.30. The molecule has 0 aliphatic rings. The molecule has 6 heteroatoms. The summed E-state index contributed by atoms with van der Waals surface area (Å²) in [7, 11) is 1.80. The Kier molecular flexibility index (Phi) is 5.38. The number of hydrogen-bond donors (Lipinski definition) is 1. The topological polar surface area (TPSA) is 72.1 Å². The van der Waals surface area contributed by atoms with Crippen molar-refractivity contribution in [2.45, 2.75) is 30.8 Å². The van der Waals surface area contributed by atoms with Crippen molar-refractivity contribution in [3.05, 3.63) is 47.7 Å². The van der Waals surface area contributed by atoms with Crippen LogP contribution in [0.1, 0.15) is 18.2 Å². The third-order valence-corrected chi connectivity index (χ3v) is 4.07. The molecule has 22 heavy (non-hydrogen) atoms. The number of hydrogen-bond acceptors (Lipinski definition) is 5. The van der Waals surface area contributed by atoms with Gasteiger partial charge < -0.3 is 10.6 Å². The highest BCUT2D eigenvalue weighted by Gasteiger charge is 2.20. The molecule has 0 radical (unpaired) electrons. The first-order valence-electron chi connectivity index (χ1n) is 7.02. The van der Waals surface area contributed by atoms with Crippen LogP contribution in [0, 0.1) is 6.92 Å². The Morgan fingerprint density at radius 1 is 1.32 bits per heavy atom. The molecule has 2 N–H and O–H groups in total. The molecule has 0 spiro atoms. The fraction of sp³-hybridized carbons (Fsp3) is 0.312. The van der Waals surface area contributed by atoms with E-state index in [0.717, 1.165) is 11.3 Å². The molecular weight excluding hydrogens is 296 g/mol. The van der Waals surface area contributed by atoms with Gasteiger partial charge in [-0.25, -0.2) is 9.97 Å². The number of rotatable bonds is 5. The summed E-state index contributed by atoms with van der Waals surface area (Å²) >= 11 is 1.33. The lowest BCUT2D eigenvalue weighted by molar-refractivity contribution is -0.129. The summed E-state index contributed by atoms with van der Waals surface area (Å²) in [5, 5.41) is 0.265. The molecule has 1 amide bonds. The average Bonchev–Trinajstić information content (AvgIpc) is 2.46. The molecule has 1 heterocycles. The zero-order valence-electron chi connectivity index (χ0n) is 13.0. The number of nitrogens with two attached hydrogens (primary N) is 1. The highest BCUT2D eigenvalue weighted by molar-refractivity contribution is 8.00. The lowest BCUT2D eigenvalue weighted by atomic mass is 10.2. The van der Waals surface area contributed by atoms with Gasteiger partial charge in [-0.3, -0.25) is 4.79 Å². The molecule has 0 saturated carbocycles. The van der Waals surface area contributed by atoms with Gasteiger partial charge in [-0.1, -0.05) is 42.1 Å². The van der Waals surface area contributed by atoms with E-state index in [2.05, 4.69) is 9.97 Å². The largest absolute Gasteiger partial charge is 0.384 e. The molecule has 1 atom stereocenters. The van der Waals surface area contributed by atoms with Gasteiger partial charge in [0, 0.05) is 25.4 Å². The number of carbonyl (C=O) groups excluding carboxylic acids is 1. The number of nitrogens with zero attached hydrogens (tertiary/aromatic N) is 3. The van der Waals surface area contributed by atoms with Crippen LogP contribution in [0.4, 0.5) is 5.82 Å². The Morgan fingerprint density at radius 3 is 2.64 bits per heavy atom. The predicted octanol–water partition coefficient (Wildman–Crippen LogP) is 2.51. The van der Waals surface area contributed by atoms with E-state index < -0.39 is 0 Å². The number of thioether (sulfide) groups is 1. The molecule has 1 aromatic carbocycles. The summed E-state index contributed by atoms with van der Waals surface area (Å²) in [6.07, 6.45) is 0. The van der Waals surface area contributed by atoms with Gasteiger partial charge in [0.1, 0.15) is 5.82 Å². The van der Waals surface area contributed by atoms with Crippen molar-refractivity contribution in [2.24, 2.45) is 0 Å². The molecule has 2 rings (SSSR count). The number of nitrogen functional groups attached to an aromatic ring is 1. The minimum absolute atomic E-state index is 0.0394. The quantitative estimate of drug-likeness (QED) is 0.678. The molecular formula is C16H20N4OS. The van der Waals surface area contributed by atoms with Crippen molar-refractivity contribution in [2.75, 3.05) is 12.8 Å². The molecule has 0 aliphatic carbocycles. The maximum atomic E-state index is 12.4. The highest BCUT2D eigenvalue weighted by atomic mass is 32.2. The minimum Gasteiger partial charge on any atom is -0.384 e. The Bertz CT molecular complexity index is 628. The van der Waals surface area contributed by atoms with Crippen LogP contribution in [-0.2, 0) is 11.3 Å². The summed E-state index contributed by atoms with van der Waals surface area (Å²) < 4.78 is 0. The summed E-state index contributed by atoms with van der Waals surface area (Å²) in [4.78, 5) is 22.6. The zero-order valence-corrected chi connectivity index (χ0v) is 13.8. The van der Waals surface area contributed by atoms with Crippen LogP contribution < -0.4 is 5.73 Å². The Hall–Kier alpha value is -2.08. The van der Waals surface area contributed by atoms with Crippen molar-refractivity contribution in [1.29, 1.82) is 0 Å². The SMILES string of the molecule is Cc1cc(N)nc(SC(C)C(=O)N(C)Cc2ccccc2)n1. The van der Waals surface area contributed by atoms with Crippen LogP contribution in [0.2, 0.25) is 0 Å². The van der Waals surface area contributed by atoms with Crippen molar-refractivity contribution >= 4 is 23.5 Å². The fourth-order valence-corrected chi connectivity index (χ4v) is 3.02. The molecule has 0 saturated heterocycles. The van der Waals surface area contributed by atoms with E-state index in [9.17, 15) is 4.79 Å². The minimum atomic E-state index is -0.269. The van der Waals surface area contributed by atoms with E-state index >= 15 is 0 Å². The van der Waals surface area contributed by atoms with E-state index in [1.807, 2.05) is 44.2 Å². The van der Waals surface area contributed by atoms with Gasteiger partial charge in [-0.2, -0.15) is 0 Å². The number of amides is 1. The second-order valence-electron chi connectivity index (χ2n) is 5.16. The zero-order chi connectivity index (χ0) is 16.1. The van der Waals surface area contributed by atoms with Gasteiger partial charge >= 0.3 is 0 Å². The normalized spacial score (nSPS) is 12.0. The second kappa shape index (κ2) is 7.26. The molecule has 1 aromatic heterocycles. The highest BCUT2D eigenvalue weighted by Crippen LogP contribution is 2.22. The van der Waals surface area contributed by atoms with Crippen molar-refractivity contribution in [3.8, 4) is 0 Å². The van der Waals surface area contributed by atoms with Crippen LogP contribution in [-0.4, -0.2) is 33.1 Å². The Balaban J connectivity index is 1.99. The van der Waals surface area contributed by atoms with E-state index in [-0.39, 0.29) is 11.2 Å². The predicted molar refractivity (Wildman–Crippen MR) is 89.4 cm³/mol. The Labute approximate surface area is 135 Å². The van der Waals surface area contributed by atoms with Gasteiger partial charge in [-0.05, 0) is 19.4 Å². The lowest BCUT2D eigenvalue weighted by Crippen LogP contribution is -2.32. The molecule has 2 aromatic rings. The first kappa shape index (κ1) is 16.3. The maximum Gasteiger partial charge on any atom is 0.235 e. The second-order valence-corrected chi connectivity index (χ2v) is 6.46. The number of benzene rings is 1. The standard InChI is InChI=1S/C16H20N4OS/c1-11-9-14(17)19-16(18-11)22-12(2)15(21)20(3)10-13-7-5-4-6-8-13/h4-9,12H,10H2,1-3H3,(H2,17,18,19). The van der Waals surface area contributed by atoms with E-state index in [0.29, 0.717) is 17.5 Å². The molecule has 0 aliphatic heterocycles. The monoisotopic (exact) mass is 316 g/mol. The van der Waals surface area contributed by atoms with Gasteiger partial charge in [0.05, 0.1) is 5.25 Å². The van der Waals surface area contributed by atoms with Gasteiger partial charge in [-0.15, -0.1) is 0 Å². The van der Waals surface area contributed by atoms with Crippen LogP contribution in [0.25, 0.3) is 0 Å². The summed E-state index contributed by atoms with van der Waals surface area (Å²) in [6, 6.07) is 11.6. The number of anilines is 1. The number of aromatic nitrogens is 2. The average molecular weight is 316 g/mol. The number of aryl methyl sites for hydroxylation is 1. The first-order chi connectivity index (χ1) is 10.5. The van der Waals surface area contributed by atoms with Crippen molar-refractivity contribution in [3.63, 3.8) is 0 Å². The molecule has 0 fully saturated rings. The van der Waals surface area contributed by atoms with Gasteiger partial charge in [0.25, 0.3) is 0 Å². The molecule has 116 valence electrons. The first-order valence-corrected chi connectivity index (χ1v) is 7.90. The fourth-order valence-electron chi connectivity index (χ4n) is 2.07. The van der Waals surface area contributed by atoms with Gasteiger partial charge in [0.15, 0.2) is 5.16 Å². The van der Waals surface area contributed by atoms with Crippen LogP contribution >= 0.6 is 11.8 Å². The van der Waals surface area contributed by atoms with Crippen molar-refractivity contribution < 1.29 is 4.79 Å². The van der Waals surface area contributed by atoms with Crippen LogP contribution in [0.5, 0.6) is 0 Å². The number of carbonyl (C=O) groups is 1. The molecule has 0 bridgehead atoms. The molecule has 1 unspecified atom stereocenters. The van der Waals surface area contributed by atoms with Crippen LogP contribution in [0.3, 0.4) is 0 Å². The van der Waals surface area contributed by atoms with Crippen molar-refractivity contribution in [1.82, 2.24) is 14.9 Å². The summed E-state index contributed by atoms with van der Waals surface area (Å²) in [5.74, 6) is 0.463. The maximum absolute atomic E-state index is 12.4. The van der Waals surface area contributed by atoms with Crippen LogP contribution in [0.15, 0.2) is 41.6 Å². The third-order valence-electron chi connectivity index (χ3n) is 3.12. The van der Waals surface area contributed by atoms with E-state index in [4.69, 9.17) is 5.73 Å². The summed E-state index contributed by atoms with van der Waals surface area (Å²) in [5.41, 5.74) is 7.62. The Morgan fingerprint density at radius 2 is 2.00 bits per heavy atom. The van der Waals surface area contributed by atoms with E-state index in [1.165, 1.54) is 11.8 Å². The van der Waals surface area contributed by atoms with E-state index in [1.54, 1.807) is 18.0 Å². The smallest absolute Gasteiger partial charge is 0.235 e. The lowest BCUT2D eigenvalue weighted by Gasteiger charge is -2.21. The van der Waals surface area contributed by atoms with Gasteiger partial charge in [0.2, 0.25) is 5.91 Å². The molecule has 5 nitrogen and oxygen atoms in total.